The van der Waals surface area contributed by atoms with Gasteiger partial charge in [0, 0.05) is 12.8 Å². The molecule has 0 aliphatic rings. The van der Waals surface area contributed by atoms with Crippen LogP contribution in [-0.2, 0) is 9.53 Å². The number of halogens is 3. The Kier molecular flexibility index (Phi) is 10.5. The third-order valence-electron chi connectivity index (χ3n) is 2.37. The first-order valence-electron chi connectivity index (χ1n) is 6.18. The molecule has 17 heavy (non-hydrogen) atoms. The lowest BCUT2D eigenvalue weighted by atomic mass is 10.1. The first-order chi connectivity index (χ1) is 7.95. The highest BCUT2D eigenvalue weighted by Crippen LogP contribution is 2.31. The van der Waals surface area contributed by atoms with Gasteiger partial charge in [0.1, 0.15) is 0 Å². The van der Waals surface area contributed by atoms with Crippen LogP contribution in [-0.4, -0.2) is 16.4 Å². The van der Waals surface area contributed by atoms with Crippen molar-refractivity contribution in [3.05, 3.63) is 0 Å². The number of esters is 1. The molecule has 0 rings (SSSR count). The fourth-order valence-electron chi connectivity index (χ4n) is 1.38. The predicted molar refractivity (Wildman–Crippen MR) is 73.9 cm³/mol. The third-order valence-corrected chi connectivity index (χ3v) is 2.94. The Labute approximate surface area is 119 Å². The van der Waals surface area contributed by atoms with E-state index in [4.69, 9.17) is 39.5 Å². The highest BCUT2D eigenvalue weighted by Gasteiger charge is 2.21. The van der Waals surface area contributed by atoms with Crippen molar-refractivity contribution in [2.45, 2.75) is 62.1 Å². The summed E-state index contributed by atoms with van der Waals surface area (Å²) in [4.78, 5) is 11.2. The second-order valence-electron chi connectivity index (χ2n) is 4.10. The van der Waals surface area contributed by atoms with E-state index in [2.05, 4.69) is 6.92 Å². The third kappa shape index (κ3) is 14.3. The van der Waals surface area contributed by atoms with Gasteiger partial charge in [-0.05, 0) is 6.42 Å². The van der Waals surface area contributed by atoms with E-state index in [1.54, 1.807) is 0 Å². The number of carbonyl (C=O) groups excluding carboxylic acids is 1. The highest BCUT2D eigenvalue weighted by atomic mass is 35.6. The number of carbonyl (C=O) groups is 1. The minimum Gasteiger partial charge on any atom is -0.466 e. The van der Waals surface area contributed by atoms with Crippen molar-refractivity contribution in [2.24, 2.45) is 0 Å². The molecule has 0 fully saturated rings. The first kappa shape index (κ1) is 17.3. The summed E-state index contributed by atoms with van der Waals surface area (Å²) in [6.07, 6.45) is 7.38. The summed E-state index contributed by atoms with van der Waals surface area (Å²) >= 11 is 16.6. The van der Waals surface area contributed by atoms with Crippen LogP contribution in [0.2, 0.25) is 0 Å². The minimum absolute atomic E-state index is 0.159. The summed E-state index contributed by atoms with van der Waals surface area (Å²) in [7, 11) is 0. The Morgan fingerprint density at radius 2 is 1.65 bits per heavy atom. The fourth-order valence-corrected chi connectivity index (χ4v) is 1.67. The summed E-state index contributed by atoms with van der Waals surface area (Å²) in [5, 5.41) is 0. The lowest BCUT2D eigenvalue weighted by Crippen LogP contribution is -2.10. The van der Waals surface area contributed by atoms with Crippen LogP contribution in [0, 0.1) is 0 Å². The molecule has 0 radical (unpaired) electrons. The maximum absolute atomic E-state index is 11.2. The van der Waals surface area contributed by atoms with E-state index < -0.39 is 3.79 Å². The van der Waals surface area contributed by atoms with E-state index in [1.165, 1.54) is 25.7 Å². The molecule has 102 valence electrons. The van der Waals surface area contributed by atoms with Gasteiger partial charge >= 0.3 is 5.97 Å². The van der Waals surface area contributed by atoms with Gasteiger partial charge in [-0.2, -0.15) is 0 Å². The van der Waals surface area contributed by atoms with Crippen LogP contribution in [0.1, 0.15) is 58.3 Å². The molecule has 0 bridgehead atoms. The number of rotatable bonds is 9. The minimum atomic E-state index is -1.36. The van der Waals surface area contributed by atoms with E-state index >= 15 is 0 Å². The zero-order valence-electron chi connectivity index (χ0n) is 10.3. The molecule has 0 unspecified atom stereocenters. The maximum Gasteiger partial charge on any atom is 0.305 e. The van der Waals surface area contributed by atoms with Crippen molar-refractivity contribution in [1.29, 1.82) is 0 Å². The van der Waals surface area contributed by atoms with Crippen LogP contribution in [0.15, 0.2) is 0 Å². The van der Waals surface area contributed by atoms with Gasteiger partial charge in [0.05, 0.1) is 6.61 Å². The van der Waals surface area contributed by atoms with Gasteiger partial charge in [-0.3, -0.25) is 4.79 Å². The molecule has 0 saturated carbocycles. The van der Waals surface area contributed by atoms with Crippen LogP contribution in [0.4, 0.5) is 0 Å². The van der Waals surface area contributed by atoms with Gasteiger partial charge in [0.25, 0.3) is 0 Å². The Bertz CT molecular complexity index is 202. The summed E-state index contributed by atoms with van der Waals surface area (Å²) in [6.45, 7) is 2.66. The molecule has 0 amide bonds. The van der Waals surface area contributed by atoms with Gasteiger partial charge < -0.3 is 4.74 Å². The SMILES string of the molecule is CCCCCCCCOC(=O)CCC(Cl)(Cl)Cl. The second-order valence-corrected chi connectivity index (χ2v) is 6.62. The van der Waals surface area contributed by atoms with Crippen LogP contribution in [0.3, 0.4) is 0 Å². The first-order valence-corrected chi connectivity index (χ1v) is 7.31. The normalized spacial score (nSPS) is 11.5. The van der Waals surface area contributed by atoms with Crippen LogP contribution < -0.4 is 0 Å². The van der Waals surface area contributed by atoms with Crippen molar-refractivity contribution in [3.8, 4) is 0 Å². The molecule has 0 aromatic heterocycles. The molecule has 2 nitrogen and oxygen atoms in total. The number of unbranched alkanes of at least 4 members (excludes halogenated alkanes) is 5. The van der Waals surface area contributed by atoms with Crippen molar-refractivity contribution in [3.63, 3.8) is 0 Å². The summed E-state index contributed by atoms with van der Waals surface area (Å²) < 4.78 is 3.67. The van der Waals surface area contributed by atoms with Crippen molar-refractivity contribution < 1.29 is 9.53 Å². The molecule has 0 aliphatic carbocycles. The molecule has 0 saturated heterocycles. The molecule has 0 atom stereocenters. The predicted octanol–water partition coefficient (Wildman–Crippen LogP) is 5.04. The molecule has 0 aromatic carbocycles. The smallest absolute Gasteiger partial charge is 0.305 e. The summed E-state index contributed by atoms with van der Waals surface area (Å²) in [6, 6.07) is 0. The molecule has 0 spiro atoms. The van der Waals surface area contributed by atoms with Gasteiger partial charge in [0.15, 0.2) is 3.79 Å². The van der Waals surface area contributed by atoms with Crippen molar-refractivity contribution >= 4 is 40.8 Å². The standard InChI is InChI=1S/C12H21Cl3O2/c1-2-3-4-5-6-7-10-17-11(16)8-9-12(13,14)15/h2-10H2,1H3. The number of hydrogen-bond donors (Lipinski definition) is 0. The monoisotopic (exact) mass is 302 g/mol. The van der Waals surface area contributed by atoms with Gasteiger partial charge in [0.2, 0.25) is 0 Å². The zero-order chi connectivity index (χ0) is 13.1. The average molecular weight is 304 g/mol. The molecule has 0 aromatic rings. The Balaban J connectivity index is 3.28. The maximum atomic E-state index is 11.2. The van der Waals surface area contributed by atoms with Crippen LogP contribution in [0.5, 0.6) is 0 Å². The molecule has 0 heterocycles. The van der Waals surface area contributed by atoms with E-state index in [9.17, 15) is 4.79 Å². The highest BCUT2D eigenvalue weighted by molar-refractivity contribution is 6.67. The topological polar surface area (TPSA) is 26.3 Å². The van der Waals surface area contributed by atoms with E-state index in [0.717, 1.165) is 12.8 Å². The molecule has 5 heteroatoms. The Morgan fingerprint density at radius 3 is 2.24 bits per heavy atom. The van der Waals surface area contributed by atoms with E-state index in [1.807, 2.05) is 0 Å². The molecular weight excluding hydrogens is 282 g/mol. The second kappa shape index (κ2) is 10.3. The van der Waals surface area contributed by atoms with Gasteiger partial charge in [-0.25, -0.2) is 0 Å². The average Bonchev–Trinajstić information content (AvgIpc) is 2.24. The Hall–Kier alpha value is 0.340. The molecule has 0 aliphatic heterocycles. The molecular formula is C12H21Cl3O2. The summed E-state index contributed by atoms with van der Waals surface area (Å²) in [5.41, 5.74) is 0. The van der Waals surface area contributed by atoms with E-state index in [-0.39, 0.29) is 18.8 Å². The fraction of sp³-hybridized carbons (Fsp3) is 0.917. The van der Waals surface area contributed by atoms with Gasteiger partial charge in [-0.1, -0.05) is 73.8 Å². The number of hydrogen-bond acceptors (Lipinski definition) is 2. The number of alkyl halides is 3. The zero-order valence-corrected chi connectivity index (χ0v) is 12.6. The van der Waals surface area contributed by atoms with Gasteiger partial charge in [-0.15, -0.1) is 0 Å². The molecule has 0 N–H and O–H groups in total. The van der Waals surface area contributed by atoms with Crippen molar-refractivity contribution in [2.75, 3.05) is 6.61 Å². The van der Waals surface area contributed by atoms with E-state index in [0.29, 0.717) is 6.61 Å². The van der Waals surface area contributed by atoms with Crippen LogP contribution >= 0.6 is 34.8 Å². The number of ether oxygens (including phenoxy) is 1. The van der Waals surface area contributed by atoms with Crippen LogP contribution in [0.25, 0.3) is 0 Å². The lowest BCUT2D eigenvalue weighted by molar-refractivity contribution is -0.143. The Morgan fingerprint density at radius 1 is 1.06 bits per heavy atom. The largest absolute Gasteiger partial charge is 0.466 e. The van der Waals surface area contributed by atoms with Crippen molar-refractivity contribution in [1.82, 2.24) is 0 Å². The summed E-state index contributed by atoms with van der Waals surface area (Å²) in [5.74, 6) is -0.287. The quantitative estimate of drug-likeness (QED) is 0.339. The lowest BCUT2D eigenvalue weighted by Gasteiger charge is -2.09.